The second-order valence-corrected chi connectivity index (χ2v) is 12.8. The Labute approximate surface area is 287 Å². The quantitative estimate of drug-likeness (QED) is 0.187. The lowest BCUT2D eigenvalue weighted by Crippen LogP contribution is -2.01. The van der Waals surface area contributed by atoms with Crippen molar-refractivity contribution in [2.45, 2.75) is 6.17 Å². The van der Waals surface area contributed by atoms with E-state index < -0.39 is 6.17 Å². The van der Waals surface area contributed by atoms with Crippen molar-refractivity contribution in [2.75, 3.05) is 0 Å². The van der Waals surface area contributed by atoms with Gasteiger partial charge in [-0.15, -0.1) is 0 Å². The molecule has 0 saturated carbocycles. The summed E-state index contributed by atoms with van der Waals surface area (Å²) in [6.07, 6.45) is 0.483. The van der Waals surface area contributed by atoms with Crippen LogP contribution in [0.5, 0.6) is 0 Å². The number of hydrogen-bond donors (Lipinski definition) is 0. The third-order valence-electron chi connectivity index (χ3n) is 9.98. The van der Waals surface area contributed by atoms with Gasteiger partial charge in [-0.25, -0.2) is 14.4 Å². The Balaban J connectivity index is 1.18. The highest BCUT2D eigenvalue weighted by Gasteiger charge is 2.23. The number of benzene rings is 6. The van der Waals surface area contributed by atoms with Crippen LogP contribution in [0.4, 0.5) is 4.39 Å². The number of fused-ring (bicyclic) bond motifs is 8. The van der Waals surface area contributed by atoms with E-state index in [9.17, 15) is 0 Å². The van der Waals surface area contributed by atoms with E-state index in [2.05, 4.69) is 86.5 Å². The van der Waals surface area contributed by atoms with Gasteiger partial charge < -0.3 is 9.13 Å². The van der Waals surface area contributed by atoms with Gasteiger partial charge in [0, 0.05) is 51.7 Å². The molecule has 0 N–H and O–H groups in total. The first-order valence-electron chi connectivity index (χ1n) is 16.8. The van der Waals surface area contributed by atoms with Crippen LogP contribution < -0.4 is 0 Å². The molecule has 0 amide bonds. The van der Waals surface area contributed by atoms with Crippen LogP contribution in [0.2, 0.25) is 0 Å². The van der Waals surface area contributed by atoms with E-state index in [-0.39, 0.29) is 0 Å². The fraction of sp³-hybridized carbons (Fsp3) is 0.0455. The Bertz CT molecular complexity index is 2910. The summed E-state index contributed by atoms with van der Waals surface area (Å²) in [5.41, 5.74) is 10.0. The van der Waals surface area contributed by atoms with Gasteiger partial charge in [-0.3, -0.25) is 4.57 Å². The molecule has 4 heterocycles. The van der Waals surface area contributed by atoms with Crippen LogP contribution in [0, 0.1) is 0 Å². The van der Waals surface area contributed by atoms with Gasteiger partial charge in [-0.2, -0.15) is 0 Å². The summed E-state index contributed by atoms with van der Waals surface area (Å²) in [5, 5.41) is 4.47. The van der Waals surface area contributed by atoms with E-state index >= 15 is 4.39 Å². The lowest BCUT2D eigenvalue weighted by atomic mass is 10.00. The maximum Gasteiger partial charge on any atom is 0.150 e. The number of aryl methyl sites for hydroxylation is 1. The molecule has 6 heteroatoms. The van der Waals surface area contributed by atoms with Crippen LogP contribution in [0.3, 0.4) is 0 Å². The molecule has 10 rings (SSSR count). The highest BCUT2D eigenvalue weighted by atomic mass is 19.1. The van der Waals surface area contributed by atoms with Crippen LogP contribution in [0.1, 0.15) is 17.3 Å². The molecule has 0 bridgehead atoms. The van der Waals surface area contributed by atoms with E-state index in [1.54, 1.807) is 0 Å². The minimum Gasteiger partial charge on any atom is -0.327 e. The first kappa shape index (κ1) is 28.5. The van der Waals surface area contributed by atoms with Crippen molar-refractivity contribution in [3.05, 3.63) is 169 Å². The Morgan fingerprint density at radius 3 is 2.04 bits per heavy atom. The van der Waals surface area contributed by atoms with E-state index in [1.807, 2.05) is 92.1 Å². The van der Waals surface area contributed by atoms with Crippen LogP contribution in [0.25, 0.3) is 77.5 Å². The van der Waals surface area contributed by atoms with Crippen molar-refractivity contribution in [1.82, 2.24) is 23.7 Å². The highest BCUT2D eigenvalue weighted by Crippen LogP contribution is 2.41. The van der Waals surface area contributed by atoms with Crippen LogP contribution in [-0.4, -0.2) is 23.7 Å². The van der Waals surface area contributed by atoms with Crippen LogP contribution in [-0.2, 0) is 7.05 Å². The number of imidazole rings is 1. The number of alkyl halides is 1. The molecule has 0 saturated heterocycles. The molecule has 5 nitrogen and oxygen atoms in total. The van der Waals surface area contributed by atoms with E-state index in [1.165, 1.54) is 5.39 Å². The van der Waals surface area contributed by atoms with E-state index in [0.29, 0.717) is 11.1 Å². The molecule has 50 heavy (non-hydrogen) atoms. The average molecular weight is 648 g/mol. The summed E-state index contributed by atoms with van der Waals surface area (Å²) in [7, 11) is 2.00. The van der Waals surface area contributed by atoms with Gasteiger partial charge in [0.15, 0.2) is 6.17 Å². The Morgan fingerprint density at radius 2 is 1.20 bits per heavy atom. The van der Waals surface area contributed by atoms with Crippen LogP contribution in [0.15, 0.2) is 158 Å². The fourth-order valence-corrected chi connectivity index (χ4v) is 7.72. The first-order chi connectivity index (χ1) is 24.7. The molecule has 0 aliphatic heterocycles. The summed E-state index contributed by atoms with van der Waals surface area (Å²) < 4.78 is 23.4. The van der Waals surface area contributed by atoms with Crippen molar-refractivity contribution in [2.24, 2.45) is 7.05 Å². The number of rotatable bonds is 5. The number of nitrogens with zero attached hydrogens (tertiary/aromatic N) is 5. The van der Waals surface area contributed by atoms with Crippen molar-refractivity contribution < 1.29 is 4.39 Å². The predicted octanol–water partition coefficient (Wildman–Crippen LogP) is 10.9. The van der Waals surface area contributed by atoms with Crippen molar-refractivity contribution in [3.63, 3.8) is 0 Å². The smallest absolute Gasteiger partial charge is 0.150 e. The summed E-state index contributed by atoms with van der Waals surface area (Å²) in [6, 6.07) is 51.1. The maximum atomic E-state index is 16.7. The number of para-hydroxylation sites is 4. The number of aromatic nitrogens is 5. The van der Waals surface area contributed by atoms with Crippen LogP contribution >= 0.6 is 0 Å². The maximum absolute atomic E-state index is 16.7. The number of pyridine rings is 1. The van der Waals surface area contributed by atoms with Gasteiger partial charge in [0.25, 0.3) is 0 Å². The topological polar surface area (TPSA) is 40.6 Å². The van der Waals surface area contributed by atoms with Gasteiger partial charge in [-0.1, -0.05) is 91.0 Å². The third kappa shape index (κ3) is 4.18. The third-order valence-corrected chi connectivity index (χ3v) is 9.98. The predicted molar refractivity (Wildman–Crippen MR) is 202 cm³/mol. The highest BCUT2D eigenvalue weighted by molar-refractivity contribution is 6.23. The minimum absolute atomic E-state index is 0.575. The molecule has 238 valence electrons. The molecule has 4 aromatic heterocycles. The summed E-state index contributed by atoms with van der Waals surface area (Å²) in [4.78, 5) is 9.77. The lowest BCUT2D eigenvalue weighted by molar-refractivity contribution is 0.402. The number of halogens is 1. The SMILES string of the molecule is Cn1c(-c2cccc(C(F)c3cccc(-n4c5ncccc5c5ccc6c7ccccc7n(-c7ccccc7)c6c54)c3)c2)nc2ccccc21. The molecule has 0 aliphatic rings. The van der Waals surface area contributed by atoms with E-state index in [4.69, 9.17) is 9.97 Å². The second kappa shape index (κ2) is 11.0. The second-order valence-electron chi connectivity index (χ2n) is 12.8. The molecule has 0 aliphatic carbocycles. The Hall–Kier alpha value is -6.53. The zero-order chi connectivity index (χ0) is 33.3. The largest absolute Gasteiger partial charge is 0.327 e. The normalized spacial score (nSPS) is 12.5. The van der Waals surface area contributed by atoms with Gasteiger partial charge in [0.1, 0.15) is 11.5 Å². The zero-order valence-corrected chi connectivity index (χ0v) is 27.2. The van der Waals surface area contributed by atoms with Crippen molar-refractivity contribution in [1.29, 1.82) is 0 Å². The lowest BCUT2D eigenvalue weighted by Gasteiger charge is -2.15. The number of hydrogen-bond acceptors (Lipinski definition) is 2. The van der Waals surface area contributed by atoms with Gasteiger partial charge in [0.05, 0.1) is 27.6 Å². The average Bonchev–Trinajstić information content (AvgIpc) is 3.82. The molecule has 1 atom stereocenters. The molecule has 0 fully saturated rings. The summed E-state index contributed by atoms with van der Waals surface area (Å²) in [6.45, 7) is 0. The Morgan fingerprint density at radius 1 is 0.540 bits per heavy atom. The van der Waals surface area contributed by atoms with Gasteiger partial charge >= 0.3 is 0 Å². The van der Waals surface area contributed by atoms with Crippen molar-refractivity contribution in [3.8, 4) is 22.8 Å². The standard InChI is InChI=1S/C44H30FN5/c1-48-39-22-8-6-20-37(39)47-43(48)30-14-9-12-28(26-30)40(45)29-13-10-17-32(27-29)50-42-35(36-19-11-25-46-44(36)50)24-23-34-33-18-5-7-21-38(33)49(41(34)42)31-15-3-2-4-16-31/h2-27,40H,1H3. The molecule has 0 radical (unpaired) electrons. The molecule has 10 aromatic rings. The summed E-state index contributed by atoms with van der Waals surface area (Å²) in [5.74, 6) is 0.808. The molecule has 6 aromatic carbocycles. The van der Waals surface area contributed by atoms with E-state index in [0.717, 1.165) is 72.2 Å². The van der Waals surface area contributed by atoms with Gasteiger partial charge in [0.2, 0.25) is 0 Å². The molecular formula is C44H30FN5. The molecular weight excluding hydrogens is 618 g/mol. The summed E-state index contributed by atoms with van der Waals surface area (Å²) >= 11 is 0. The van der Waals surface area contributed by atoms with Crippen molar-refractivity contribution >= 4 is 54.8 Å². The molecule has 0 spiro atoms. The Kier molecular flexibility index (Phi) is 6.27. The monoisotopic (exact) mass is 647 g/mol. The fourth-order valence-electron chi connectivity index (χ4n) is 7.72. The van der Waals surface area contributed by atoms with Gasteiger partial charge in [-0.05, 0) is 71.8 Å². The zero-order valence-electron chi connectivity index (χ0n) is 27.2. The first-order valence-corrected chi connectivity index (χ1v) is 16.8. The minimum atomic E-state index is -1.35. The molecule has 1 unspecified atom stereocenters.